The minimum absolute atomic E-state index is 0.202. The van der Waals surface area contributed by atoms with Gasteiger partial charge < -0.3 is 4.74 Å². The molecule has 1 amide bonds. The van der Waals surface area contributed by atoms with Gasteiger partial charge in [0.15, 0.2) is 0 Å². The molecule has 1 rings (SSSR count). The minimum atomic E-state index is -0.202. The molecule has 0 aromatic heterocycles. The molecular formula is C11H14BrClN2O2. The van der Waals surface area contributed by atoms with E-state index in [-0.39, 0.29) is 5.91 Å². The first kappa shape index (κ1) is 14.3. The van der Waals surface area contributed by atoms with Crippen LogP contribution in [0.3, 0.4) is 0 Å². The van der Waals surface area contributed by atoms with E-state index in [4.69, 9.17) is 22.2 Å². The Morgan fingerprint density at radius 2 is 2.29 bits per heavy atom. The summed E-state index contributed by atoms with van der Waals surface area (Å²) in [6.45, 7) is 2.34. The van der Waals surface area contributed by atoms with E-state index in [2.05, 4.69) is 21.4 Å². The van der Waals surface area contributed by atoms with E-state index in [1.807, 2.05) is 13.0 Å². The van der Waals surface area contributed by atoms with Crippen LogP contribution in [0.4, 0.5) is 0 Å². The number of amides is 1. The number of hydrogen-bond donors (Lipinski definition) is 2. The number of ether oxygens (including phenoxy) is 1. The van der Waals surface area contributed by atoms with E-state index < -0.39 is 0 Å². The van der Waals surface area contributed by atoms with Crippen LogP contribution in [0.2, 0.25) is 5.02 Å². The molecule has 3 N–H and O–H groups in total. The van der Waals surface area contributed by atoms with E-state index >= 15 is 0 Å². The Hall–Kier alpha value is -0.780. The molecule has 6 heteroatoms. The van der Waals surface area contributed by atoms with Crippen molar-refractivity contribution >= 4 is 33.4 Å². The zero-order chi connectivity index (χ0) is 12.8. The molecule has 0 atom stereocenters. The predicted molar refractivity (Wildman–Crippen MR) is 70.9 cm³/mol. The molecule has 0 aliphatic rings. The number of benzene rings is 1. The third kappa shape index (κ3) is 4.53. The van der Waals surface area contributed by atoms with Gasteiger partial charge in [0.2, 0.25) is 5.91 Å². The van der Waals surface area contributed by atoms with Gasteiger partial charge in [0.05, 0.1) is 11.6 Å². The van der Waals surface area contributed by atoms with Gasteiger partial charge in [0.1, 0.15) is 5.75 Å². The van der Waals surface area contributed by atoms with Crippen molar-refractivity contribution in [3.8, 4) is 5.75 Å². The maximum Gasteiger partial charge on any atom is 0.234 e. The van der Waals surface area contributed by atoms with Crippen molar-refractivity contribution in [1.29, 1.82) is 0 Å². The number of rotatable bonds is 5. The molecular weight excluding hydrogens is 307 g/mol. The lowest BCUT2D eigenvalue weighted by Gasteiger charge is -2.11. The lowest BCUT2D eigenvalue weighted by molar-refractivity contribution is -0.121. The molecule has 17 heavy (non-hydrogen) atoms. The number of hydrazine groups is 1. The average molecular weight is 322 g/mol. The first-order valence-electron chi connectivity index (χ1n) is 5.12. The van der Waals surface area contributed by atoms with Gasteiger partial charge in [-0.15, -0.1) is 0 Å². The monoisotopic (exact) mass is 320 g/mol. The van der Waals surface area contributed by atoms with Crippen molar-refractivity contribution in [3.05, 3.63) is 27.2 Å². The predicted octanol–water partition coefficient (Wildman–Crippen LogP) is 2.56. The van der Waals surface area contributed by atoms with Gasteiger partial charge in [-0.3, -0.25) is 10.2 Å². The van der Waals surface area contributed by atoms with Crippen molar-refractivity contribution in [1.82, 2.24) is 5.43 Å². The van der Waals surface area contributed by atoms with Gasteiger partial charge in [-0.05, 0) is 31.0 Å². The van der Waals surface area contributed by atoms with Gasteiger partial charge in [0.25, 0.3) is 0 Å². The molecule has 0 spiro atoms. The Bertz CT molecular complexity index is 389. The highest BCUT2D eigenvalue weighted by atomic mass is 79.9. The zero-order valence-electron chi connectivity index (χ0n) is 9.43. The highest BCUT2D eigenvalue weighted by Gasteiger charge is 2.07. The Kier molecular flexibility index (Phi) is 5.74. The lowest BCUT2D eigenvalue weighted by Crippen LogP contribution is -2.30. The van der Waals surface area contributed by atoms with E-state index in [1.54, 1.807) is 6.07 Å². The summed E-state index contributed by atoms with van der Waals surface area (Å²) in [5, 5.41) is 0.556. The van der Waals surface area contributed by atoms with Crippen molar-refractivity contribution in [2.45, 2.75) is 19.8 Å². The molecule has 0 unspecified atom stereocenters. The fourth-order valence-electron chi connectivity index (χ4n) is 1.35. The Labute approximate surface area is 114 Å². The van der Waals surface area contributed by atoms with Gasteiger partial charge >= 0.3 is 0 Å². The molecule has 0 fully saturated rings. The summed E-state index contributed by atoms with van der Waals surface area (Å²) in [6, 6.07) is 3.70. The summed E-state index contributed by atoms with van der Waals surface area (Å²) in [6.07, 6.45) is 0.929. The van der Waals surface area contributed by atoms with Crippen molar-refractivity contribution < 1.29 is 9.53 Å². The Morgan fingerprint density at radius 1 is 1.59 bits per heavy atom. The highest BCUT2D eigenvalue weighted by molar-refractivity contribution is 9.10. The van der Waals surface area contributed by atoms with Gasteiger partial charge in [-0.2, -0.15) is 0 Å². The smallest absolute Gasteiger partial charge is 0.234 e. The van der Waals surface area contributed by atoms with E-state index in [0.29, 0.717) is 30.2 Å². The van der Waals surface area contributed by atoms with Gasteiger partial charge in [-0.1, -0.05) is 27.5 Å². The second-order valence-electron chi connectivity index (χ2n) is 3.55. The van der Waals surface area contributed by atoms with E-state index in [1.165, 1.54) is 0 Å². The van der Waals surface area contributed by atoms with Crippen LogP contribution in [-0.2, 0) is 4.79 Å². The molecule has 1 aromatic carbocycles. The normalized spacial score (nSPS) is 10.1. The summed E-state index contributed by atoms with van der Waals surface area (Å²) >= 11 is 9.40. The lowest BCUT2D eigenvalue weighted by atomic mass is 10.2. The highest BCUT2D eigenvalue weighted by Crippen LogP contribution is 2.32. The standard InChI is InChI=1S/C11H14BrClN2O2/c1-7-5-8(12)6-9(13)11(7)17-4-2-3-10(16)15-14/h5-6H,2-4,14H2,1H3,(H,15,16). The van der Waals surface area contributed by atoms with Gasteiger partial charge in [0, 0.05) is 10.9 Å². The number of nitrogens with two attached hydrogens (primary N) is 1. The van der Waals surface area contributed by atoms with E-state index in [0.717, 1.165) is 10.0 Å². The summed E-state index contributed by atoms with van der Waals surface area (Å²) in [5.41, 5.74) is 3.02. The zero-order valence-corrected chi connectivity index (χ0v) is 11.8. The third-order valence-corrected chi connectivity index (χ3v) is 2.89. The summed E-state index contributed by atoms with van der Waals surface area (Å²) in [5.74, 6) is 5.42. The van der Waals surface area contributed by atoms with Crippen LogP contribution in [0.5, 0.6) is 5.75 Å². The summed E-state index contributed by atoms with van der Waals surface area (Å²) in [7, 11) is 0. The summed E-state index contributed by atoms with van der Waals surface area (Å²) < 4.78 is 6.46. The SMILES string of the molecule is Cc1cc(Br)cc(Cl)c1OCCCC(=O)NN. The van der Waals surface area contributed by atoms with Crippen LogP contribution >= 0.6 is 27.5 Å². The van der Waals surface area contributed by atoms with Crippen LogP contribution < -0.4 is 16.0 Å². The molecule has 0 saturated carbocycles. The average Bonchev–Trinajstić information content (AvgIpc) is 2.26. The number of aryl methyl sites for hydroxylation is 1. The molecule has 4 nitrogen and oxygen atoms in total. The van der Waals surface area contributed by atoms with Crippen LogP contribution in [-0.4, -0.2) is 12.5 Å². The van der Waals surface area contributed by atoms with Crippen LogP contribution in [0.15, 0.2) is 16.6 Å². The van der Waals surface area contributed by atoms with Crippen molar-refractivity contribution in [2.75, 3.05) is 6.61 Å². The minimum Gasteiger partial charge on any atom is -0.492 e. The first-order valence-corrected chi connectivity index (χ1v) is 6.29. The molecule has 0 radical (unpaired) electrons. The molecule has 94 valence electrons. The third-order valence-electron chi connectivity index (χ3n) is 2.15. The van der Waals surface area contributed by atoms with Gasteiger partial charge in [-0.25, -0.2) is 5.84 Å². The van der Waals surface area contributed by atoms with Crippen LogP contribution in [0.1, 0.15) is 18.4 Å². The molecule has 0 aliphatic carbocycles. The number of carbonyl (C=O) groups is 1. The largest absolute Gasteiger partial charge is 0.492 e. The van der Waals surface area contributed by atoms with Crippen LogP contribution in [0.25, 0.3) is 0 Å². The second kappa shape index (κ2) is 6.83. The van der Waals surface area contributed by atoms with E-state index in [9.17, 15) is 4.79 Å². The summed E-state index contributed by atoms with van der Waals surface area (Å²) in [4.78, 5) is 10.9. The number of nitrogens with one attached hydrogen (secondary N) is 1. The quantitative estimate of drug-likeness (QED) is 0.379. The fourth-order valence-corrected chi connectivity index (χ4v) is 2.38. The maximum absolute atomic E-state index is 10.9. The van der Waals surface area contributed by atoms with Crippen LogP contribution in [0, 0.1) is 6.92 Å². The molecule has 0 saturated heterocycles. The molecule has 1 aromatic rings. The molecule has 0 aliphatic heterocycles. The Morgan fingerprint density at radius 3 is 2.88 bits per heavy atom. The fraction of sp³-hybridized carbons (Fsp3) is 0.364. The number of hydrogen-bond acceptors (Lipinski definition) is 3. The number of carbonyl (C=O) groups excluding carboxylic acids is 1. The molecule has 0 heterocycles. The molecule has 0 bridgehead atoms. The van der Waals surface area contributed by atoms with Crippen molar-refractivity contribution in [3.63, 3.8) is 0 Å². The maximum atomic E-state index is 10.9. The second-order valence-corrected chi connectivity index (χ2v) is 4.88. The topological polar surface area (TPSA) is 64.3 Å². The number of halogens is 2. The Balaban J connectivity index is 2.50. The first-order chi connectivity index (χ1) is 8.04. The van der Waals surface area contributed by atoms with Crippen molar-refractivity contribution in [2.24, 2.45) is 5.84 Å².